The van der Waals surface area contributed by atoms with E-state index in [1.165, 1.54) is 12.8 Å². The Morgan fingerprint density at radius 3 is 2.50 bits per heavy atom. The molecule has 1 aliphatic rings. The molecule has 1 aromatic rings. The molecule has 1 aromatic heterocycles. The minimum absolute atomic E-state index is 0.262. The fraction of sp³-hybridized carbons (Fsp3) is 0.714. The van der Waals surface area contributed by atoms with Crippen LogP contribution in [0, 0.1) is 5.92 Å². The predicted octanol–water partition coefficient (Wildman–Crippen LogP) is 4.21. The largest absolute Gasteiger partial charge is 0.474 e. The van der Waals surface area contributed by atoms with Gasteiger partial charge in [-0.2, -0.15) is 4.98 Å². The molecule has 0 unspecified atom stereocenters. The molecule has 0 aromatic carbocycles. The fourth-order valence-electron chi connectivity index (χ4n) is 2.25. The van der Waals surface area contributed by atoms with Crippen LogP contribution in [0.15, 0.2) is 6.07 Å². The maximum atomic E-state index is 6.00. The highest BCUT2D eigenvalue weighted by molar-refractivity contribution is 6.29. The Morgan fingerprint density at radius 2 is 1.89 bits per heavy atom. The van der Waals surface area contributed by atoms with Crippen LogP contribution in [0.3, 0.4) is 0 Å². The second-order valence-electron chi connectivity index (χ2n) is 5.54. The molecular formula is C14H21ClN2O. The molecule has 0 spiro atoms. The lowest BCUT2D eigenvalue weighted by atomic mass is 9.89. The van der Waals surface area contributed by atoms with Crippen molar-refractivity contribution in [3.63, 3.8) is 0 Å². The highest BCUT2D eigenvalue weighted by Crippen LogP contribution is 2.27. The van der Waals surface area contributed by atoms with Gasteiger partial charge in [-0.05, 0) is 31.6 Å². The number of ether oxygens (including phenoxy) is 1. The molecule has 1 fully saturated rings. The molecule has 18 heavy (non-hydrogen) atoms. The zero-order valence-corrected chi connectivity index (χ0v) is 12.1. The Bertz CT molecular complexity index is 401. The third-order valence-corrected chi connectivity index (χ3v) is 3.65. The van der Waals surface area contributed by atoms with Crippen LogP contribution < -0.4 is 4.74 Å². The third kappa shape index (κ3) is 3.58. The first-order valence-electron chi connectivity index (χ1n) is 6.75. The Kier molecular flexibility index (Phi) is 4.44. The first-order valence-corrected chi connectivity index (χ1v) is 7.13. The smallest absolute Gasteiger partial charge is 0.218 e. The van der Waals surface area contributed by atoms with Crippen LogP contribution in [-0.4, -0.2) is 16.1 Å². The maximum Gasteiger partial charge on any atom is 0.218 e. The summed E-state index contributed by atoms with van der Waals surface area (Å²) in [5.41, 5.74) is 0. The molecule has 0 N–H and O–H groups in total. The van der Waals surface area contributed by atoms with E-state index in [2.05, 4.69) is 30.7 Å². The van der Waals surface area contributed by atoms with Crippen molar-refractivity contribution in [1.29, 1.82) is 0 Å². The predicted molar refractivity (Wildman–Crippen MR) is 73.2 cm³/mol. The molecule has 0 bridgehead atoms. The Hall–Kier alpha value is -0.830. The van der Waals surface area contributed by atoms with Crippen LogP contribution >= 0.6 is 11.6 Å². The first kappa shape index (κ1) is 13.6. The van der Waals surface area contributed by atoms with Crippen molar-refractivity contribution >= 4 is 11.6 Å². The van der Waals surface area contributed by atoms with Crippen molar-refractivity contribution in [1.82, 2.24) is 9.97 Å². The van der Waals surface area contributed by atoms with Gasteiger partial charge < -0.3 is 4.74 Å². The van der Waals surface area contributed by atoms with Crippen LogP contribution in [-0.2, 0) is 0 Å². The molecule has 1 heterocycles. The topological polar surface area (TPSA) is 35.0 Å². The van der Waals surface area contributed by atoms with Gasteiger partial charge in [0.1, 0.15) is 17.1 Å². The second-order valence-corrected chi connectivity index (χ2v) is 5.93. The van der Waals surface area contributed by atoms with Crippen molar-refractivity contribution in [3.05, 3.63) is 17.0 Å². The number of nitrogens with zero attached hydrogens (tertiary/aromatic N) is 2. The van der Waals surface area contributed by atoms with E-state index in [4.69, 9.17) is 16.3 Å². The van der Waals surface area contributed by atoms with E-state index in [-0.39, 0.29) is 12.0 Å². The summed E-state index contributed by atoms with van der Waals surface area (Å²) in [6.45, 7) is 6.41. The minimum Gasteiger partial charge on any atom is -0.474 e. The van der Waals surface area contributed by atoms with Gasteiger partial charge in [0.2, 0.25) is 5.88 Å². The molecule has 0 atom stereocenters. The molecule has 3 nitrogen and oxygen atoms in total. The lowest BCUT2D eigenvalue weighted by Gasteiger charge is -2.26. The van der Waals surface area contributed by atoms with Crippen LogP contribution in [0.1, 0.15) is 58.2 Å². The third-order valence-electron chi connectivity index (χ3n) is 3.46. The quantitative estimate of drug-likeness (QED) is 0.770. The Labute approximate surface area is 114 Å². The van der Waals surface area contributed by atoms with E-state index in [9.17, 15) is 0 Å². The summed E-state index contributed by atoms with van der Waals surface area (Å²) in [7, 11) is 0. The van der Waals surface area contributed by atoms with E-state index >= 15 is 0 Å². The summed E-state index contributed by atoms with van der Waals surface area (Å²) < 4.78 is 5.94. The molecule has 0 amide bonds. The Balaban J connectivity index is 2.04. The average molecular weight is 269 g/mol. The van der Waals surface area contributed by atoms with Gasteiger partial charge in [0.25, 0.3) is 0 Å². The van der Waals surface area contributed by atoms with Crippen molar-refractivity contribution < 1.29 is 4.74 Å². The standard InChI is InChI=1S/C14H21ClN2O/c1-9(2)14-16-12(15)8-13(17-14)18-11-6-4-10(3)5-7-11/h8-11H,4-7H2,1-3H3. The lowest BCUT2D eigenvalue weighted by Crippen LogP contribution is -2.23. The van der Waals surface area contributed by atoms with Gasteiger partial charge >= 0.3 is 0 Å². The van der Waals surface area contributed by atoms with Crippen molar-refractivity contribution in [2.24, 2.45) is 5.92 Å². The van der Waals surface area contributed by atoms with Crippen LogP contribution in [0.2, 0.25) is 5.15 Å². The van der Waals surface area contributed by atoms with E-state index in [0.29, 0.717) is 11.0 Å². The summed E-state index contributed by atoms with van der Waals surface area (Å²) in [5, 5.41) is 0.466. The number of halogens is 1. The van der Waals surface area contributed by atoms with Gasteiger partial charge in [0, 0.05) is 12.0 Å². The van der Waals surface area contributed by atoms with Gasteiger partial charge in [-0.3, -0.25) is 0 Å². The van der Waals surface area contributed by atoms with Crippen molar-refractivity contribution in [2.75, 3.05) is 0 Å². The number of hydrogen-bond donors (Lipinski definition) is 0. The monoisotopic (exact) mass is 268 g/mol. The van der Waals surface area contributed by atoms with Gasteiger partial charge in [-0.15, -0.1) is 0 Å². The minimum atomic E-state index is 0.262. The highest BCUT2D eigenvalue weighted by Gasteiger charge is 2.20. The summed E-state index contributed by atoms with van der Waals surface area (Å²) in [5.74, 6) is 2.46. The molecular weight excluding hydrogens is 248 g/mol. The summed E-state index contributed by atoms with van der Waals surface area (Å²) in [4.78, 5) is 8.64. The number of rotatable bonds is 3. The molecule has 2 rings (SSSR count). The molecule has 0 saturated heterocycles. The summed E-state index contributed by atoms with van der Waals surface area (Å²) in [6.07, 6.45) is 4.98. The first-order chi connectivity index (χ1) is 8.54. The van der Waals surface area contributed by atoms with Crippen LogP contribution in [0.5, 0.6) is 5.88 Å². The molecule has 1 saturated carbocycles. The van der Waals surface area contributed by atoms with Crippen molar-refractivity contribution in [3.8, 4) is 5.88 Å². The maximum absolute atomic E-state index is 6.00. The normalized spacial score (nSPS) is 24.3. The molecule has 0 radical (unpaired) electrons. The van der Waals surface area contributed by atoms with Gasteiger partial charge in [-0.25, -0.2) is 4.98 Å². The number of hydrogen-bond acceptors (Lipinski definition) is 3. The number of aromatic nitrogens is 2. The SMILES string of the molecule is CC1CCC(Oc2cc(Cl)nc(C(C)C)n2)CC1. The summed E-state index contributed by atoms with van der Waals surface area (Å²) >= 11 is 6.00. The van der Waals surface area contributed by atoms with Gasteiger partial charge in [0.15, 0.2) is 0 Å². The average Bonchev–Trinajstić information content (AvgIpc) is 2.31. The molecule has 0 aliphatic heterocycles. The van der Waals surface area contributed by atoms with E-state index in [0.717, 1.165) is 24.6 Å². The molecule has 100 valence electrons. The molecule has 1 aliphatic carbocycles. The van der Waals surface area contributed by atoms with Crippen LogP contribution in [0.25, 0.3) is 0 Å². The second kappa shape index (κ2) is 5.87. The fourth-order valence-corrected chi connectivity index (χ4v) is 2.43. The summed E-state index contributed by atoms with van der Waals surface area (Å²) in [6, 6.07) is 1.71. The zero-order valence-electron chi connectivity index (χ0n) is 11.3. The van der Waals surface area contributed by atoms with Crippen molar-refractivity contribution in [2.45, 2.75) is 58.5 Å². The van der Waals surface area contributed by atoms with Crippen LogP contribution in [0.4, 0.5) is 0 Å². The van der Waals surface area contributed by atoms with E-state index in [1.807, 2.05) is 0 Å². The van der Waals surface area contributed by atoms with E-state index in [1.54, 1.807) is 6.07 Å². The van der Waals surface area contributed by atoms with Gasteiger partial charge in [-0.1, -0.05) is 32.4 Å². The zero-order chi connectivity index (χ0) is 13.1. The molecule has 4 heteroatoms. The Morgan fingerprint density at radius 1 is 1.22 bits per heavy atom. The lowest BCUT2D eigenvalue weighted by molar-refractivity contribution is 0.129. The highest BCUT2D eigenvalue weighted by atomic mass is 35.5. The van der Waals surface area contributed by atoms with Gasteiger partial charge in [0.05, 0.1) is 0 Å². The van der Waals surface area contributed by atoms with E-state index < -0.39 is 0 Å².